The van der Waals surface area contributed by atoms with Gasteiger partial charge in [-0.3, -0.25) is 9.59 Å². The zero-order chi connectivity index (χ0) is 15.2. The lowest BCUT2D eigenvalue weighted by Crippen LogP contribution is -2.34. The van der Waals surface area contributed by atoms with Crippen LogP contribution in [0.3, 0.4) is 0 Å². The van der Waals surface area contributed by atoms with E-state index in [-0.39, 0.29) is 11.8 Å². The highest BCUT2D eigenvalue weighted by molar-refractivity contribution is 6.00. The van der Waals surface area contributed by atoms with Gasteiger partial charge in [0.2, 0.25) is 5.91 Å². The van der Waals surface area contributed by atoms with Crippen LogP contribution in [-0.4, -0.2) is 42.9 Å². The van der Waals surface area contributed by atoms with Crippen LogP contribution >= 0.6 is 0 Å². The molecule has 2 amide bonds. The SMILES string of the molecule is CCCNc1cc(C)ccc1C(=O)N1CCNC(=O)CC1. The van der Waals surface area contributed by atoms with Crippen LogP contribution in [0.5, 0.6) is 0 Å². The number of hydrogen-bond donors (Lipinski definition) is 2. The van der Waals surface area contributed by atoms with Crippen LogP contribution in [0.25, 0.3) is 0 Å². The van der Waals surface area contributed by atoms with E-state index in [0.29, 0.717) is 31.6 Å². The number of amides is 2. The van der Waals surface area contributed by atoms with Crippen LogP contribution in [0.2, 0.25) is 0 Å². The fraction of sp³-hybridized carbons (Fsp3) is 0.500. The van der Waals surface area contributed by atoms with E-state index in [9.17, 15) is 9.59 Å². The monoisotopic (exact) mass is 289 g/mol. The van der Waals surface area contributed by atoms with E-state index in [4.69, 9.17) is 0 Å². The Kier molecular flexibility index (Phi) is 5.20. The van der Waals surface area contributed by atoms with Crippen LogP contribution < -0.4 is 10.6 Å². The highest BCUT2D eigenvalue weighted by Crippen LogP contribution is 2.20. The largest absolute Gasteiger partial charge is 0.384 e. The Morgan fingerprint density at radius 3 is 2.95 bits per heavy atom. The summed E-state index contributed by atoms with van der Waals surface area (Å²) in [5.41, 5.74) is 2.69. The summed E-state index contributed by atoms with van der Waals surface area (Å²) in [6.45, 7) is 6.51. The Labute approximate surface area is 125 Å². The number of benzene rings is 1. The fourth-order valence-corrected chi connectivity index (χ4v) is 2.39. The molecule has 114 valence electrons. The summed E-state index contributed by atoms with van der Waals surface area (Å²) in [4.78, 5) is 25.8. The number of carbonyl (C=O) groups excluding carboxylic acids is 2. The van der Waals surface area contributed by atoms with Gasteiger partial charge in [0.05, 0.1) is 5.56 Å². The summed E-state index contributed by atoms with van der Waals surface area (Å²) in [6, 6.07) is 5.82. The normalized spacial score (nSPS) is 15.3. The smallest absolute Gasteiger partial charge is 0.256 e. The van der Waals surface area contributed by atoms with Crippen molar-refractivity contribution < 1.29 is 9.59 Å². The lowest BCUT2D eigenvalue weighted by molar-refractivity contribution is -0.120. The summed E-state index contributed by atoms with van der Waals surface area (Å²) >= 11 is 0. The standard InChI is InChI=1S/C16H23N3O2/c1-3-7-17-14-11-12(2)4-5-13(14)16(21)19-9-6-15(20)18-8-10-19/h4-5,11,17H,3,6-10H2,1-2H3,(H,18,20). The first-order valence-corrected chi connectivity index (χ1v) is 7.52. The molecule has 0 atom stereocenters. The van der Waals surface area contributed by atoms with Gasteiger partial charge in [-0.15, -0.1) is 0 Å². The fourth-order valence-electron chi connectivity index (χ4n) is 2.39. The number of aryl methyl sites for hydroxylation is 1. The Morgan fingerprint density at radius 2 is 2.19 bits per heavy atom. The van der Waals surface area contributed by atoms with Gasteiger partial charge >= 0.3 is 0 Å². The average molecular weight is 289 g/mol. The molecule has 1 aliphatic heterocycles. The van der Waals surface area contributed by atoms with Crippen molar-refractivity contribution in [3.63, 3.8) is 0 Å². The molecule has 0 unspecified atom stereocenters. The Balaban J connectivity index is 2.19. The first kappa shape index (κ1) is 15.4. The van der Waals surface area contributed by atoms with Crippen LogP contribution in [0.4, 0.5) is 5.69 Å². The van der Waals surface area contributed by atoms with E-state index in [1.165, 1.54) is 0 Å². The van der Waals surface area contributed by atoms with Crippen LogP contribution in [0, 0.1) is 6.92 Å². The molecule has 0 aromatic heterocycles. The maximum Gasteiger partial charge on any atom is 0.256 e. The predicted molar refractivity (Wildman–Crippen MR) is 83.5 cm³/mol. The molecule has 0 spiro atoms. The average Bonchev–Trinajstić information content (AvgIpc) is 2.69. The predicted octanol–water partition coefficient (Wildman–Crippen LogP) is 1.78. The van der Waals surface area contributed by atoms with Gasteiger partial charge in [0.25, 0.3) is 5.91 Å². The number of rotatable bonds is 4. The molecule has 1 aromatic rings. The molecular weight excluding hydrogens is 266 g/mol. The summed E-state index contributed by atoms with van der Waals surface area (Å²) in [6.07, 6.45) is 1.37. The van der Waals surface area contributed by atoms with E-state index in [2.05, 4.69) is 17.6 Å². The highest BCUT2D eigenvalue weighted by atomic mass is 16.2. The van der Waals surface area contributed by atoms with Crippen molar-refractivity contribution in [1.82, 2.24) is 10.2 Å². The number of carbonyl (C=O) groups is 2. The second kappa shape index (κ2) is 7.11. The van der Waals surface area contributed by atoms with Gasteiger partial charge < -0.3 is 15.5 Å². The first-order valence-electron chi connectivity index (χ1n) is 7.52. The molecule has 1 aromatic carbocycles. The third-order valence-corrected chi connectivity index (χ3v) is 3.57. The van der Waals surface area contributed by atoms with E-state index >= 15 is 0 Å². The molecule has 0 saturated carbocycles. The highest BCUT2D eigenvalue weighted by Gasteiger charge is 2.21. The lowest BCUT2D eigenvalue weighted by Gasteiger charge is -2.21. The van der Waals surface area contributed by atoms with Crippen LogP contribution in [0.15, 0.2) is 18.2 Å². The van der Waals surface area contributed by atoms with Crippen molar-refractivity contribution in [3.8, 4) is 0 Å². The Bertz CT molecular complexity index is 528. The lowest BCUT2D eigenvalue weighted by atomic mass is 10.1. The minimum atomic E-state index is -0.00916. The van der Waals surface area contributed by atoms with Gasteiger partial charge in [-0.05, 0) is 31.0 Å². The molecule has 1 heterocycles. The molecule has 21 heavy (non-hydrogen) atoms. The summed E-state index contributed by atoms with van der Waals surface area (Å²) in [5, 5.41) is 6.11. The second-order valence-corrected chi connectivity index (χ2v) is 5.37. The topological polar surface area (TPSA) is 61.4 Å². The van der Waals surface area contributed by atoms with E-state index < -0.39 is 0 Å². The molecule has 1 fully saturated rings. The van der Waals surface area contributed by atoms with Crippen molar-refractivity contribution in [1.29, 1.82) is 0 Å². The molecule has 5 heteroatoms. The third kappa shape index (κ3) is 3.97. The van der Waals surface area contributed by atoms with Crippen molar-refractivity contribution in [3.05, 3.63) is 29.3 Å². The maximum atomic E-state index is 12.7. The Hall–Kier alpha value is -2.04. The maximum absolute atomic E-state index is 12.7. The summed E-state index contributed by atoms with van der Waals surface area (Å²) < 4.78 is 0. The number of anilines is 1. The van der Waals surface area contributed by atoms with Crippen molar-refractivity contribution in [2.75, 3.05) is 31.5 Å². The van der Waals surface area contributed by atoms with Gasteiger partial charge in [0.1, 0.15) is 0 Å². The van der Waals surface area contributed by atoms with Gasteiger partial charge in [-0.2, -0.15) is 0 Å². The van der Waals surface area contributed by atoms with Crippen LogP contribution in [-0.2, 0) is 4.79 Å². The summed E-state index contributed by atoms with van der Waals surface area (Å²) in [7, 11) is 0. The molecule has 2 rings (SSSR count). The first-order chi connectivity index (χ1) is 10.1. The quantitative estimate of drug-likeness (QED) is 0.888. The van der Waals surface area contributed by atoms with E-state index in [1.807, 2.05) is 25.1 Å². The molecular formula is C16H23N3O2. The van der Waals surface area contributed by atoms with E-state index in [0.717, 1.165) is 24.2 Å². The van der Waals surface area contributed by atoms with Gasteiger partial charge in [0.15, 0.2) is 0 Å². The number of nitrogens with one attached hydrogen (secondary N) is 2. The van der Waals surface area contributed by atoms with Gasteiger partial charge in [-0.1, -0.05) is 13.0 Å². The van der Waals surface area contributed by atoms with Crippen molar-refractivity contribution in [2.24, 2.45) is 0 Å². The van der Waals surface area contributed by atoms with Gasteiger partial charge in [0, 0.05) is 38.3 Å². The van der Waals surface area contributed by atoms with Crippen LogP contribution in [0.1, 0.15) is 35.7 Å². The van der Waals surface area contributed by atoms with Crippen molar-refractivity contribution in [2.45, 2.75) is 26.7 Å². The second-order valence-electron chi connectivity index (χ2n) is 5.37. The minimum absolute atomic E-state index is 0.00916. The molecule has 5 nitrogen and oxygen atoms in total. The number of hydrogen-bond acceptors (Lipinski definition) is 3. The Morgan fingerprint density at radius 1 is 1.38 bits per heavy atom. The van der Waals surface area contributed by atoms with Crippen molar-refractivity contribution >= 4 is 17.5 Å². The molecule has 1 saturated heterocycles. The molecule has 2 N–H and O–H groups in total. The third-order valence-electron chi connectivity index (χ3n) is 3.57. The molecule has 0 radical (unpaired) electrons. The van der Waals surface area contributed by atoms with E-state index in [1.54, 1.807) is 4.90 Å². The molecule has 0 bridgehead atoms. The molecule has 1 aliphatic rings. The minimum Gasteiger partial charge on any atom is -0.384 e. The zero-order valence-corrected chi connectivity index (χ0v) is 12.7. The summed E-state index contributed by atoms with van der Waals surface area (Å²) in [5.74, 6) is 0.00337. The van der Waals surface area contributed by atoms with Gasteiger partial charge in [-0.25, -0.2) is 0 Å². The zero-order valence-electron chi connectivity index (χ0n) is 12.7. The molecule has 0 aliphatic carbocycles. The number of nitrogens with zero attached hydrogens (tertiary/aromatic N) is 1.